The number of hydrogen-bond acceptors (Lipinski definition) is 6. The second-order valence-electron chi connectivity index (χ2n) is 8.10. The highest BCUT2D eigenvalue weighted by molar-refractivity contribution is 6.80. The maximum atomic E-state index is 12.4. The molecule has 1 heterocycles. The summed E-state index contributed by atoms with van der Waals surface area (Å²) in [6.45, 7) is 10.0. The van der Waals surface area contributed by atoms with E-state index >= 15 is 0 Å². The van der Waals surface area contributed by atoms with E-state index in [4.69, 9.17) is 9.47 Å². The Morgan fingerprint density at radius 1 is 1.25 bits per heavy atom. The van der Waals surface area contributed by atoms with E-state index in [2.05, 4.69) is 26.2 Å². The minimum Gasteiger partial charge on any atom is -0.453 e. The largest absolute Gasteiger partial charge is 0.453 e. The minimum atomic E-state index is -1.55. The van der Waals surface area contributed by atoms with Crippen molar-refractivity contribution in [1.82, 2.24) is 0 Å². The zero-order valence-corrected chi connectivity index (χ0v) is 17.6. The zero-order valence-electron chi connectivity index (χ0n) is 16.6. The van der Waals surface area contributed by atoms with E-state index in [1.54, 1.807) is 42.5 Å². The summed E-state index contributed by atoms with van der Waals surface area (Å²) < 4.78 is 11.3. The molecule has 0 aromatic heterocycles. The van der Waals surface area contributed by atoms with Crippen molar-refractivity contribution in [2.75, 3.05) is 0 Å². The van der Waals surface area contributed by atoms with E-state index in [0.29, 0.717) is 5.56 Å². The fraction of sp³-hybridized carbons (Fsp3) is 0.476. The summed E-state index contributed by atoms with van der Waals surface area (Å²) in [5.74, 6) is -0.618. The SMILES string of the molecule is C=CC[C@@H]1O[C@@H](C(O)/C=C/[Si](C)(C)C)[C@@H](O)C(O)C1OC(=O)c1ccccc1. The van der Waals surface area contributed by atoms with Gasteiger partial charge in [0.15, 0.2) is 6.10 Å². The minimum absolute atomic E-state index is 0.289. The van der Waals surface area contributed by atoms with Crippen molar-refractivity contribution in [2.24, 2.45) is 0 Å². The van der Waals surface area contributed by atoms with Gasteiger partial charge in [0, 0.05) is 0 Å². The third kappa shape index (κ3) is 5.86. The molecule has 0 amide bonds. The Labute approximate surface area is 167 Å². The monoisotopic (exact) mass is 406 g/mol. The molecule has 2 rings (SSSR count). The van der Waals surface area contributed by atoms with Crippen molar-refractivity contribution in [2.45, 2.75) is 62.7 Å². The van der Waals surface area contributed by atoms with Gasteiger partial charge in [0.2, 0.25) is 0 Å². The molecule has 0 saturated carbocycles. The second-order valence-corrected chi connectivity index (χ2v) is 13.2. The molecule has 0 aliphatic carbocycles. The van der Waals surface area contributed by atoms with E-state index in [0.717, 1.165) is 0 Å². The van der Waals surface area contributed by atoms with Gasteiger partial charge in [0.05, 0.1) is 13.6 Å². The van der Waals surface area contributed by atoms with Gasteiger partial charge in [-0.25, -0.2) is 4.79 Å². The van der Waals surface area contributed by atoms with Gasteiger partial charge in [-0.1, -0.05) is 55.7 Å². The lowest BCUT2D eigenvalue weighted by Gasteiger charge is -2.43. The Balaban J connectivity index is 2.17. The molecule has 1 fully saturated rings. The van der Waals surface area contributed by atoms with Crippen molar-refractivity contribution in [1.29, 1.82) is 0 Å². The fourth-order valence-electron chi connectivity index (χ4n) is 3.01. The van der Waals surface area contributed by atoms with Gasteiger partial charge in [0.25, 0.3) is 0 Å². The molecule has 1 aliphatic rings. The van der Waals surface area contributed by atoms with Crippen LogP contribution in [0.25, 0.3) is 0 Å². The molecule has 0 bridgehead atoms. The van der Waals surface area contributed by atoms with Crippen LogP contribution in [0.4, 0.5) is 0 Å². The number of rotatable bonds is 7. The molecule has 28 heavy (non-hydrogen) atoms. The third-order valence-corrected chi connectivity index (χ3v) is 5.70. The number of carbonyl (C=O) groups excluding carboxylic acids is 1. The predicted octanol–water partition coefficient (Wildman–Crippen LogP) is 2.07. The van der Waals surface area contributed by atoms with Gasteiger partial charge in [-0.05, 0) is 18.6 Å². The lowest BCUT2D eigenvalue weighted by Crippen LogP contribution is -2.61. The summed E-state index contributed by atoms with van der Waals surface area (Å²) in [6.07, 6.45) is -3.25. The summed E-state index contributed by atoms with van der Waals surface area (Å²) in [4.78, 5) is 12.4. The van der Waals surface area contributed by atoms with Gasteiger partial charge in [0.1, 0.15) is 30.5 Å². The first-order valence-corrected chi connectivity index (χ1v) is 13.0. The van der Waals surface area contributed by atoms with Crippen LogP contribution in [0.3, 0.4) is 0 Å². The van der Waals surface area contributed by atoms with Crippen molar-refractivity contribution < 1.29 is 29.6 Å². The van der Waals surface area contributed by atoms with E-state index in [9.17, 15) is 20.1 Å². The smallest absolute Gasteiger partial charge is 0.338 e. The molecule has 0 spiro atoms. The molecule has 3 unspecified atom stereocenters. The Bertz CT molecular complexity index is 684. The number of ether oxygens (including phenoxy) is 2. The van der Waals surface area contributed by atoms with Gasteiger partial charge in [-0.3, -0.25) is 0 Å². The average Bonchev–Trinajstić information content (AvgIpc) is 2.65. The maximum absolute atomic E-state index is 12.4. The van der Waals surface area contributed by atoms with Crippen LogP contribution >= 0.6 is 0 Å². The summed E-state index contributed by atoms with van der Waals surface area (Å²) in [7, 11) is -1.55. The molecule has 1 aromatic carbocycles. The number of carbonyl (C=O) groups is 1. The number of hydrogen-bond donors (Lipinski definition) is 3. The van der Waals surface area contributed by atoms with Gasteiger partial charge in [-0.15, -0.1) is 6.58 Å². The van der Waals surface area contributed by atoms with Crippen LogP contribution in [0.5, 0.6) is 0 Å². The zero-order chi connectivity index (χ0) is 20.9. The normalized spacial score (nSPS) is 29.4. The van der Waals surface area contributed by atoms with Gasteiger partial charge >= 0.3 is 5.97 Å². The highest BCUT2D eigenvalue weighted by atomic mass is 28.3. The van der Waals surface area contributed by atoms with Crippen LogP contribution < -0.4 is 0 Å². The lowest BCUT2D eigenvalue weighted by atomic mass is 9.90. The average molecular weight is 407 g/mol. The molecule has 1 aliphatic heterocycles. The standard InChI is InChI=1S/C21H30O6Si/c1-5-9-16-20(27-21(25)14-10-7-6-8-11-14)18(24)17(23)19(26-16)15(22)12-13-28(2,3)4/h5-8,10-13,15-20,22-24H,1,9H2,2-4H3/b13-12+/t15?,16-,17-,18?,19-,20?/m0/s1. The molecule has 6 nitrogen and oxygen atoms in total. The molecule has 1 saturated heterocycles. The van der Waals surface area contributed by atoms with Crippen molar-refractivity contribution >= 4 is 14.0 Å². The van der Waals surface area contributed by atoms with E-state index in [1.807, 2.05) is 5.70 Å². The first-order chi connectivity index (χ1) is 13.1. The molecule has 6 atom stereocenters. The molecule has 1 aromatic rings. The van der Waals surface area contributed by atoms with Gasteiger partial charge < -0.3 is 24.8 Å². The highest BCUT2D eigenvalue weighted by Crippen LogP contribution is 2.29. The summed E-state index contributed by atoms with van der Waals surface area (Å²) in [5, 5.41) is 31.6. The molecule has 154 valence electrons. The van der Waals surface area contributed by atoms with Crippen LogP contribution in [-0.2, 0) is 9.47 Å². The Hall–Kier alpha value is -1.77. The van der Waals surface area contributed by atoms with Crippen molar-refractivity contribution in [3.63, 3.8) is 0 Å². The fourth-order valence-corrected chi connectivity index (χ4v) is 3.79. The molecule has 7 heteroatoms. The van der Waals surface area contributed by atoms with Crippen LogP contribution in [0.1, 0.15) is 16.8 Å². The summed E-state index contributed by atoms with van der Waals surface area (Å²) in [6, 6.07) is 8.39. The van der Waals surface area contributed by atoms with Crippen LogP contribution in [-0.4, -0.2) is 66.0 Å². The molecular weight excluding hydrogens is 376 g/mol. The van der Waals surface area contributed by atoms with Gasteiger partial charge in [-0.2, -0.15) is 0 Å². The number of esters is 1. The Morgan fingerprint density at radius 2 is 1.89 bits per heavy atom. The molecule has 0 radical (unpaired) electrons. The first-order valence-electron chi connectivity index (χ1n) is 9.40. The highest BCUT2D eigenvalue weighted by Gasteiger charge is 2.48. The number of aliphatic hydroxyl groups is 3. The summed E-state index contributed by atoms with van der Waals surface area (Å²) in [5.41, 5.74) is 2.28. The topological polar surface area (TPSA) is 96.2 Å². The Kier molecular flexibility index (Phi) is 7.74. The van der Waals surface area contributed by atoms with Crippen LogP contribution in [0.2, 0.25) is 19.6 Å². The summed E-state index contributed by atoms with van der Waals surface area (Å²) >= 11 is 0. The second kappa shape index (κ2) is 9.62. The van der Waals surface area contributed by atoms with E-state index in [-0.39, 0.29) is 6.42 Å². The third-order valence-electron chi connectivity index (χ3n) is 4.50. The van der Waals surface area contributed by atoms with Crippen molar-refractivity contribution in [3.05, 3.63) is 60.3 Å². The van der Waals surface area contributed by atoms with E-state index in [1.165, 1.54) is 0 Å². The first kappa shape index (κ1) is 22.5. The molecule has 3 N–H and O–H groups in total. The maximum Gasteiger partial charge on any atom is 0.338 e. The van der Waals surface area contributed by atoms with Crippen LogP contribution in [0.15, 0.2) is 54.8 Å². The number of aliphatic hydroxyl groups excluding tert-OH is 3. The lowest BCUT2D eigenvalue weighted by molar-refractivity contribution is -0.236. The Morgan fingerprint density at radius 3 is 2.46 bits per heavy atom. The molecular formula is C21H30O6Si. The van der Waals surface area contributed by atoms with Crippen LogP contribution in [0, 0.1) is 0 Å². The van der Waals surface area contributed by atoms with Crippen molar-refractivity contribution in [3.8, 4) is 0 Å². The quantitative estimate of drug-likeness (QED) is 0.364. The van der Waals surface area contributed by atoms with E-state index < -0.39 is 50.7 Å². The number of benzene rings is 1. The predicted molar refractivity (Wildman–Crippen MR) is 110 cm³/mol.